The van der Waals surface area contributed by atoms with E-state index in [4.69, 9.17) is 11.2 Å². The fourth-order valence-corrected chi connectivity index (χ4v) is 1.80. The van der Waals surface area contributed by atoms with Gasteiger partial charge in [-0.2, -0.15) is 0 Å². The quantitative estimate of drug-likeness (QED) is 0.760. The Morgan fingerprint density at radius 1 is 1.35 bits per heavy atom. The van der Waals surface area contributed by atoms with E-state index in [1.807, 2.05) is 12.1 Å². The Hall–Kier alpha value is -1.46. The van der Waals surface area contributed by atoms with Crippen LogP contribution in [0.3, 0.4) is 0 Å². The Morgan fingerprint density at radius 2 is 2.00 bits per heavy atom. The van der Waals surface area contributed by atoms with Crippen molar-refractivity contribution in [3.05, 3.63) is 29.8 Å². The topological polar surface area (TPSA) is 21.3 Å². The molecule has 92 valence electrons. The maximum Gasteiger partial charge on any atom is 0.118 e. The standard InChI is InChI=1S/C15H21NO/c1-5-14(6-2)16-12(3)11-13-7-9-15(17-4)10-8-13/h1,7-10,12,14,16H,6,11H2,2-4H3. The van der Waals surface area contributed by atoms with Crippen LogP contribution in [0.5, 0.6) is 5.75 Å². The number of ether oxygens (including phenoxy) is 1. The maximum atomic E-state index is 5.43. The molecule has 1 aromatic rings. The van der Waals surface area contributed by atoms with Crippen LogP contribution in [0.15, 0.2) is 24.3 Å². The molecule has 0 spiro atoms. The van der Waals surface area contributed by atoms with Gasteiger partial charge in [0.2, 0.25) is 0 Å². The lowest BCUT2D eigenvalue weighted by molar-refractivity contribution is 0.414. The van der Waals surface area contributed by atoms with Gasteiger partial charge in [0.15, 0.2) is 0 Å². The van der Waals surface area contributed by atoms with Crippen LogP contribution in [0.1, 0.15) is 25.8 Å². The summed E-state index contributed by atoms with van der Waals surface area (Å²) < 4.78 is 5.13. The second-order valence-electron chi connectivity index (χ2n) is 4.25. The zero-order valence-corrected chi connectivity index (χ0v) is 10.9. The zero-order chi connectivity index (χ0) is 12.7. The molecule has 2 atom stereocenters. The molecular weight excluding hydrogens is 210 g/mol. The Morgan fingerprint density at radius 3 is 2.47 bits per heavy atom. The van der Waals surface area contributed by atoms with Crippen molar-refractivity contribution < 1.29 is 4.74 Å². The van der Waals surface area contributed by atoms with Crippen LogP contribution in [0, 0.1) is 12.3 Å². The van der Waals surface area contributed by atoms with E-state index in [1.54, 1.807) is 7.11 Å². The normalized spacial score (nSPS) is 13.8. The molecular formula is C15H21NO. The zero-order valence-electron chi connectivity index (χ0n) is 10.9. The molecule has 0 saturated carbocycles. The van der Waals surface area contributed by atoms with Gasteiger partial charge in [0, 0.05) is 6.04 Å². The average molecular weight is 231 g/mol. The summed E-state index contributed by atoms with van der Waals surface area (Å²) in [5.41, 5.74) is 1.29. The van der Waals surface area contributed by atoms with Gasteiger partial charge in [-0.1, -0.05) is 25.0 Å². The van der Waals surface area contributed by atoms with Crippen LogP contribution in [0.4, 0.5) is 0 Å². The summed E-state index contributed by atoms with van der Waals surface area (Å²) in [7, 11) is 1.68. The van der Waals surface area contributed by atoms with Crippen LogP contribution in [0.25, 0.3) is 0 Å². The third kappa shape index (κ3) is 4.50. The van der Waals surface area contributed by atoms with Crippen molar-refractivity contribution in [3.8, 4) is 18.1 Å². The minimum atomic E-state index is 0.170. The van der Waals surface area contributed by atoms with E-state index in [-0.39, 0.29) is 6.04 Å². The molecule has 0 radical (unpaired) electrons. The van der Waals surface area contributed by atoms with E-state index in [0.29, 0.717) is 6.04 Å². The van der Waals surface area contributed by atoms with Gasteiger partial charge in [-0.15, -0.1) is 6.42 Å². The molecule has 2 unspecified atom stereocenters. The fraction of sp³-hybridized carbons (Fsp3) is 0.467. The van der Waals surface area contributed by atoms with Gasteiger partial charge < -0.3 is 10.1 Å². The predicted octanol–water partition coefficient (Wildman–Crippen LogP) is 2.63. The molecule has 0 saturated heterocycles. The highest BCUT2D eigenvalue weighted by atomic mass is 16.5. The first-order chi connectivity index (χ1) is 8.19. The summed E-state index contributed by atoms with van der Waals surface area (Å²) >= 11 is 0. The van der Waals surface area contributed by atoms with Gasteiger partial charge in [0.1, 0.15) is 5.75 Å². The van der Waals surface area contributed by atoms with E-state index in [0.717, 1.165) is 18.6 Å². The molecule has 0 fully saturated rings. The lowest BCUT2D eigenvalue weighted by atomic mass is 10.1. The third-order valence-corrected chi connectivity index (χ3v) is 2.80. The molecule has 0 aliphatic rings. The highest BCUT2D eigenvalue weighted by Crippen LogP contribution is 2.12. The van der Waals surface area contributed by atoms with Gasteiger partial charge >= 0.3 is 0 Å². The number of nitrogens with one attached hydrogen (secondary N) is 1. The van der Waals surface area contributed by atoms with E-state index in [1.165, 1.54) is 5.56 Å². The maximum absolute atomic E-state index is 5.43. The summed E-state index contributed by atoms with van der Waals surface area (Å²) in [4.78, 5) is 0. The van der Waals surface area contributed by atoms with Crippen molar-refractivity contribution >= 4 is 0 Å². The number of hydrogen-bond donors (Lipinski definition) is 1. The van der Waals surface area contributed by atoms with Crippen LogP contribution in [-0.4, -0.2) is 19.2 Å². The summed E-state index contributed by atoms with van der Waals surface area (Å²) in [5.74, 6) is 3.65. The minimum absolute atomic E-state index is 0.170. The van der Waals surface area contributed by atoms with Gasteiger partial charge in [-0.05, 0) is 37.5 Å². The molecule has 0 aromatic heterocycles. The number of hydrogen-bond acceptors (Lipinski definition) is 2. The average Bonchev–Trinajstić information content (AvgIpc) is 2.37. The van der Waals surface area contributed by atoms with Crippen LogP contribution >= 0.6 is 0 Å². The summed E-state index contributed by atoms with van der Waals surface area (Å²) in [6, 6.07) is 8.70. The van der Waals surface area contributed by atoms with E-state index >= 15 is 0 Å². The SMILES string of the molecule is C#CC(CC)NC(C)Cc1ccc(OC)cc1. The molecule has 0 amide bonds. The van der Waals surface area contributed by atoms with E-state index < -0.39 is 0 Å². The molecule has 1 rings (SSSR count). The van der Waals surface area contributed by atoms with Crippen LogP contribution in [-0.2, 0) is 6.42 Å². The Labute approximate surface area is 104 Å². The van der Waals surface area contributed by atoms with Crippen LogP contribution < -0.4 is 10.1 Å². The first kappa shape index (κ1) is 13.6. The molecule has 0 bridgehead atoms. The Bertz CT molecular complexity index is 364. The lowest BCUT2D eigenvalue weighted by Crippen LogP contribution is -2.36. The van der Waals surface area contributed by atoms with Gasteiger partial charge in [-0.25, -0.2) is 0 Å². The van der Waals surface area contributed by atoms with Crippen molar-refractivity contribution in [3.63, 3.8) is 0 Å². The molecule has 0 aliphatic heterocycles. The largest absolute Gasteiger partial charge is 0.497 e. The fourth-order valence-electron chi connectivity index (χ4n) is 1.80. The van der Waals surface area contributed by atoms with Gasteiger partial charge in [-0.3, -0.25) is 0 Å². The highest BCUT2D eigenvalue weighted by Gasteiger charge is 2.08. The van der Waals surface area contributed by atoms with Crippen molar-refractivity contribution in [1.82, 2.24) is 5.32 Å². The summed E-state index contributed by atoms with van der Waals surface area (Å²) in [6.07, 6.45) is 7.37. The van der Waals surface area contributed by atoms with E-state index in [9.17, 15) is 0 Å². The highest BCUT2D eigenvalue weighted by molar-refractivity contribution is 5.27. The van der Waals surface area contributed by atoms with Crippen molar-refractivity contribution in [2.45, 2.75) is 38.8 Å². The first-order valence-corrected chi connectivity index (χ1v) is 6.04. The molecule has 2 nitrogen and oxygen atoms in total. The number of benzene rings is 1. The van der Waals surface area contributed by atoms with Crippen molar-refractivity contribution in [2.24, 2.45) is 0 Å². The second kappa shape index (κ2) is 6.98. The predicted molar refractivity (Wildman–Crippen MR) is 72.2 cm³/mol. The summed E-state index contributed by atoms with van der Waals surface area (Å²) in [5, 5.41) is 3.43. The number of terminal acetylenes is 1. The molecule has 17 heavy (non-hydrogen) atoms. The van der Waals surface area contributed by atoms with Gasteiger partial charge in [0.25, 0.3) is 0 Å². The number of methoxy groups -OCH3 is 1. The Balaban J connectivity index is 2.50. The third-order valence-electron chi connectivity index (χ3n) is 2.80. The van der Waals surface area contributed by atoms with Crippen molar-refractivity contribution in [1.29, 1.82) is 0 Å². The lowest BCUT2D eigenvalue weighted by Gasteiger charge is -2.18. The van der Waals surface area contributed by atoms with E-state index in [2.05, 4.69) is 37.2 Å². The molecule has 2 heteroatoms. The molecule has 0 heterocycles. The minimum Gasteiger partial charge on any atom is -0.497 e. The Kier molecular flexibility index (Phi) is 5.59. The smallest absolute Gasteiger partial charge is 0.118 e. The number of rotatable bonds is 6. The monoisotopic (exact) mass is 231 g/mol. The van der Waals surface area contributed by atoms with Crippen molar-refractivity contribution in [2.75, 3.05) is 7.11 Å². The first-order valence-electron chi connectivity index (χ1n) is 6.04. The molecule has 0 aliphatic carbocycles. The second-order valence-corrected chi connectivity index (χ2v) is 4.25. The van der Waals surface area contributed by atoms with Gasteiger partial charge in [0.05, 0.1) is 13.2 Å². The molecule has 1 aromatic carbocycles. The molecule has 1 N–H and O–H groups in total. The van der Waals surface area contributed by atoms with Crippen LogP contribution in [0.2, 0.25) is 0 Å². The summed E-state index contributed by atoms with van der Waals surface area (Å²) in [6.45, 7) is 4.25.